The number of ether oxygens (including phenoxy) is 2. The van der Waals surface area contributed by atoms with E-state index in [1.54, 1.807) is 12.0 Å². The maximum atomic E-state index is 13.1. The lowest BCUT2D eigenvalue weighted by atomic mass is 10.3. The zero-order valence-corrected chi connectivity index (χ0v) is 16.7. The molecule has 142 valence electrons. The van der Waals surface area contributed by atoms with Crippen molar-refractivity contribution >= 4 is 43.9 Å². The van der Waals surface area contributed by atoms with Gasteiger partial charge in [0.1, 0.15) is 5.75 Å². The number of thiophene rings is 1. The lowest BCUT2D eigenvalue weighted by Crippen LogP contribution is -2.43. The summed E-state index contributed by atoms with van der Waals surface area (Å²) in [6, 6.07) is 9.56. The summed E-state index contributed by atoms with van der Waals surface area (Å²) >= 11 is 2.98. The number of benzene rings is 1. The molecule has 0 atom stereocenters. The molecule has 0 spiro atoms. The Morgan fingerprint density at radius 1 is 1.33 bits per heavy atom. The molecule has 1 aliphatic heterocycles. The predicted octanol–water partition coefficient (Wildman–Crippen LogP) is 3.35. The van der Waals surface area contributed by atoms with Gasteiger partial charge >= 0.3 is 0 Å². The van der Waals surface area contributed by atoms with E-state index in [0.29, 0.717) is 6.54 Å². The van der Waals surface area contributed by atoms with Gasteiger partial charge in [0, 0.05) is 26.2 Å². The molecular formula is C19H21N3O3S2. The van der Waals surface area contributed by atoms with E-state index >= 15 is 0 Å². The minimum Gasteiger partial charge on any atom is -0.497 e. The molecular weight excluding hydrogens is 382 g/mol. The van der Waals surface area contributed by atoms with Crippen molar-refractivity contribution in [2.75, 3.05) is 51.4 Å². The summed E-state index contributed by atoms with van der Waals surface area (Å²) in [6.07, 6.45) is 0. The first kappa shape index (κ1) is 18.4. The predicted molar refractivity (Wildman–Crippen MR) is 109 cm³/mol. The monoisotopic (exact) mass is 403 g/mol. The summed E-state index contributed by atoms with van der Waals surface area (Å²) in [4.78, 5) is 22.7. The van der Waals surface area contributed by atoms with Gasteiger partial charge in [-0.3, -0.25) is 14.6 Å². The van der Waals surface area contributed by atoms with E-state index in [0.717, 1.165) is 58.8 Å². The van der Waals surface area contributed by atoms with Gasteiger partial charge in [0.05, 0.1) is 35.4 Å². The minimum atomic E-state index is 0.00396. The molecule has 0 radical (unpaired) electrons. The Balaban J connectivity index is 1.61. The smallest absolute Gasteiger partial charge is 0.270 e. The van der Waals surface area contributed by atoms with Crippen LogP contribution in [0.2, 0.25) is 0 Å². The molecule has 8 heteroatoms. The van der Waals surface area contributed by atoms with Gasteiger partial charge in [-0.1, -0.05) is 17.4 Å². The fourth-order valence-corrected chi connectivity index (χ4v) is 4.71. The fraction of sp³-hybridized carbons (Fsp3) is 0.368. The molecule has 0 N–H and O–H groups in total. The largest absolute Gasteiger partial charge is 0.497 e. The third-order valence-corrected chi connectivity index (χ3v) is 6.43. The molecule has 27 heavy (non-hydrogen) atoms. The second-order valence-electron chi connectivity index (χ2n) is 6.22. The van der Waals surface area contributed by atoms with Crippen LogP contribution in [0.3, 0.4) is 0 Å². The van der Waals surface area contributed by atoms with Crippen LogP contribution < -0.4 is 9.64 Å². The molecule has 0 bridgehead atoms. The van der Waals surface area contributed by atoms with Crippen molar-refractivity contribution in [2.24, 2.45) is 0 Å². The average Bonchev–Trinajstić information content (AvgIpc) is 3.38. The van der Waals surface area contributed by atoms with Gasteiger partial charge < -0.3 is 9.47 Å². The second-order valence-corrected chi connectivity index (χ2v) is 8.17. The summed E-state index contributed by atoms with van der Waals surface area (Å²) in [5.41, 5.74) is 0.881. The number of thiazole rings is 1. The van der Waals surface area contributed by atoms with Gasteiger partial charge in [0.15, 0.2) is 5.13 Å². The van der Waals surface area contributed by atoms with E-state index in [2.05, 4.69) is 4.90 Å². The normalized spacial score (nSPS) is 15.1. The third-order valence-electron chi connectivity index (χ3n) is 4.54. The molecule has 0 unspecified atom stereocenters. The van der Waals surface area contributed by atoms with Crippen LogP contribution in [0.15, 0.2) is 35.7 Å². The number of aromatic nitrogens is 1. The van der Waals surface area contributed by atoms with Gasteiger partial charge in [-0.15, -0.1) is 11.3 Å². The fourth-order valence-electron chi connectivity index (χ4n) is 3.02. The number of nitrogens with zero attached hydrogens (tertiary/aromatic N) is 3. The molecule has 3 heterocycles. The number of hydrogen-bond acceptors (Lipinski definition) is 7. The van der Waals surface area contributed by atoms with Crippen molar-refractivity contribution in [3.8, 4) is 5.75 Å². The lowest BCUT2D eigenvalue weighted by Gasteiger charge is -2.29. The van der Waals surface area contributed by atoms with E-state index in [1.807, 2.05) is 35.7 Å². The van der Waals surface area contributed by atoms with Crippen LogP contribution in [0.1, 0.15) is 9.67 Å². The first-order chi connectivity index (χ1) is 13.2. The first-order valence-electron chi connectivity index (χ1n) is 8.84. The maximum absolute atomic E-state index is 13.1. The molecule has 1 saturated heterocycles. The van der Waals surface area contributed by atoms with E-state index in [-0.39, 0.29) is 5.91 Å². The van der Waals surface area contributed by atoms with Crippen molar-refractivity contribution in [3.63, 3.8) is 0 Å². The highest BCUT2D eigenvalue weighted by atomic mass is 32.1. The van der Waals surface area contributed by atoms with Crippen LogP contribution in [0, 0.1) is 0 Å². The topological polar surface area (TPSA) is 54.9 Å². The van der Waals surface area contributed by atoms with Gasteiger partial charge in [0.25, 0.3) is 5.91 Å². The van der Waals surface area contributed by atoms with Gasteiger partial charge in [-0.25, -0.2) is 4.98 Å². The van der Waals surface area contributed by atoms with Crippen LogP contribution >= 0.6 is 22.7 Å². The lowest BCUT2D eigenvalue weighted by molar-refractivity contribution is 0.0391. The zero-order valence-electron chi connectivity index (χ0n) is 15.1. The minimum absolute atomic E-state index is 0.00396. The molecule has 0 saturated carbocycles. The molecule has 1 amide bonds. The van der Waals surface area contributed by atoms with Crippen molar-refractivity contribution in [1.82, 2.24) is 9.88 Å². The van der Waals surface area contributed by atoms with Crippen molar-refractivity contribution in [2.45, 2.75) is 0 Å². The number of methoxy groups -OCH3 is 1. The van der Waals surface area contributed by atoms with Crippen LogP contribution in [-0.4, -0.2) is 62.3 Å². The molecule has 1 aliphatic rings. The van der Waals surface area contributed by atoms with E-state index in [4.69, 9.17) is 14.5 Å². The summed E-state index contributed by atoms with van der Waals surface area (Å²) < 4.78 is 11.7. The number of carbonyl (C=O) groups is 1. The maximum Gasteiger partial charge on any atom is 0.270 e. The van der Waals surface area contributed by atoms with Crippen LogP contribution in [-0.2, 0) is 4.74 Å². The Bertz CT molecular complexity index is 904. The molecule has 1 fully saturated rings. The molecule has 1 aromatic carbocycles. The van der Waals surface area contributed by atoms with Crippen LogP contribution in [0.5, 0.6) is 5.75 Å². The van der Waals surface area contributed by atoms with E-state index < -0.39 is 0 Å². The van der Waals surface area contributed by atoms with Crippen molar-refractivity contribution in [3.05, 3.63) is 40.6 Å². The number of anilines is 1. The number of fused-ring (bicyclic) bond motifs is 1. The number of hydrogen-bond donors (Lipinski definition) is 0. The number of rotatable bonds is 6. The Morgan fingerprint density at radius 2 is 2.19 bits per heavy atom. The quantitative estimate of drug-likeness (QED) is 0.632. The number of morpholine rings is 1. The first-order valence-corrected chi connectivity index (χ1v) is 10.5. The van der Waals surface area contributed by atoms with Crippen molar-refractivity contribution in [1.29, 1.82) is 0 Å². The molecule has 3 aromatic rings. The van der Waals surface area contributed by atoms with Crippen LogP contribution in [0.25, 0.3) is 10.2 Å². The van der Waals surface area contributed by atoms with Gasteiger partial charge in [0.2, 0.25) is 0 Å². The number of carbonyl (C=O) groups excluding carboxylic acids is 1. The van der Waals surface area contributed by atoms with Crippen molar-refractivity contribution < 1.29 is 14.3 Å². The summed E-state index contributed by atoms with van der Waals surface area (Å²) in [7, 11) is 1.65. The Hall–Kier alpha value is -2.00. The SMILES string of the molecule is COc1ccc2nc(N(CCN3CCOCC3)C(=O)c3cccs3)sc2c1. The Kier molecular flexibility index (Phi) is 5.68. The highest BCUT2D eigenvalue weighted by molar-refractivity contribution is 7.22. The summed E-state index contributed by atoms with van der Waals surface area (Å²) in [6.45, 7) is 4.71. The van der Waals surface area contributed by atoms with Gasteiger partial charge in [-0.2, -0.15) is 0 Å². The standard InChI is InChI=1S/C19H21N3O3S2/c1-24-14-4-5-15-17(13-14)27-19(20-15)22(18(23)16-3-2-12-26-16)7-6-21-8-10-25-11-9-21/h2-5,12-13H,6-11H2,1H3. The summed E-state index contributed by atoms with van der Waals surface area (Å²) in [5, 5.41) is 2.65. The van der Waals surface area contributed by atoms with E-state index in [1.165, 1.54) is 22.7 Å². The molecule has 4 rings (SSSR count). The third kappa shape index (κ3) is 4.14. The Morgan fingerprint density at radius 3 is 2.93 bits per heavy atom. The highest BCUT2D eigenvalue weighted by Gasteiger charge is 2.23. The second kappa shape index (κ2) is 8.35. The molecule has 6 nitrogen and oxygen atoms in total. The average molecular weight is 404 g/mol. The van der Waals surface area contributed by atoms with Crippen LogP contribution in [0.4, 0.5) is 5.13 Å². The summed E-state index contributed by atoms with van der Waals surface area (Å²) in [5.74, 6) is 0.798. The van der Waals surface area contributed by atoms with Gasteiger partial charge in [-0.05, 0) is 29.6 Å². The van der Waals surface area contributed by atoms with E-state index in [9.17, 15) is 4.79 Å². The highest BCUT2D eigenvalue weighted by Crippen LogP contribution is 2.32. The zero-order chi connectivity index (χ0) is 18.6. The molecule has 2 aromatic heterocycles. The molecule has 0 aliphatic carbocycles. The Labute approximate surface area is 165 Å². The number of amides is 1.